The zero-order valence-electron chi connectivity index (χ0n) is 17.1. The van der Waals surface area contributed by atoms with E-state index < -0.39 is 4.92 Å². The van der Waals surface area contributed by atoms with Crippen LogP contribution >= 0.6 is 0 Å². The van der Waals surface area contributed by atoms with Gasteiger partial charge in [0.15, 0.2) is 5.75 Å². The molecule has 0 aliphatic heterocycles. The van der Waals surface area contributed by atoms with Gasteiger partial charge in [0.05, 0.1) is 24.5 Å². The molecule has 0 saturated carbocycles. The highest BCUT2D eigenvalue weighted by Crippen LogP contribution is 2.28. The van der Waals surface area contributed by atoms with Crippen molar-refractivity contribution in [2.24, 2.45) is 5.11 Å². The van der Waals surface area contributed by atoms with Crippen LogP contribution in [0.15, 0.2) is 41.5 Å². The molecule has 0 radical (unpaired) electrons. The molecule has 0 atom stereocenters. The van der Waals surface area contributed by atoms with Crippen molar-refractivity contribution >= 4 is 11.6 Å². The molecule has 0 heterocycles. The molecule has 0 bridgehead atoms. The molecule has 9 heteroatoms. The van der Waals surface area contributed by atoms with Crippen LogP contribution in [-0.4, -0.2) is 30.5 Å². The molecule has 0 spiro atoms. The number of hydrogen-bond acceptors (Lipinski definition) is 5. The van der Waals surface area contributed by atoms with Gasteiger partial charge in [0.1, 0.15) is 0 Å². The molecule has 0 aromatic heterocycles. The minimum absolute atomic E-state index is 0.0330. The van der Waals surface area contributed by atoms with Gasteiger partial charge in [0.25, 0.3) is 0 Å². The lowest BCUT2D eigenvalue weighted by Gasteiger charge is -2.09. The summed E-state index contributed by atoms with van der Waals surface area (Å²) in [6.07, 6.45) is 1.73. The van der Waals surface area contributed by atoms with Crippen molar-refractivity contribution in [3.63, 3.8) is 0 Å². The molecule has 30 heavy (non-hydrogen) atoms. The van der Waals surface area contributed by atoms with Crippen LogP contribution in [0.4, 0.5) is 5.69 Å². The highest BCUT2D eigenvalue weighted by atomic mass is 16.6. The first-order valence-corrected chi connectivity index (χ1v) is 9.64. The summed E-state index contributed by atoms with van der Waals surface area (Å²) >= 11 is 0. The van der Waals surface area contributed by atoms with Crippen LogP contribution in [0.25, 0.3) is 10.4 Å². The Morgan fingerprint density at radius 2 is 1.97 bits per heavy atom. The van der Waals surface area contributed by atoms with Crippen LogP contribution in [0.1, 0.15) is 28.7 Å². The average Bonchev–Trinajstić information content (AvgIpc) is 2.71. The number of carbonyl (C=O) groups excluding carboxylic acids is 1. The van der Waals surface area contributed by atoms with Crippen molar-refractivity contribution in [1.82, 2.24) is 5.32 Å². The van der Waals surface area contributed by atoms with Gasteiger partial charge < -0.3 is 10.1 Å². The minimum atomic E-state index is -0.562. The Balaban J connectivity index is 1.84. The van der Waals surface area contributed by atoms with Crippen LogP contribution in [-0.2, 0) is 17.6 Å². The third-order valence-corrected chi connectivity index (χ3v) is 4.63. The Labute approximate surface area is 174 Å². The van der Waals surface area contributed by atoms with Crippen LogP contribution in [0.5, 0.6) is 5.75 Å². The monoisotopic (exact) mass is 411 g/mol. The van der Waals surface area contributed by atoms with Gasteiger partial charge in [0, 0.05) is 17.5 Å². The Bertz CT molecular complexity index is 954. The second-order valence-electron chi connectivity index (χ2n) is 6.91. The molecule has 1 N–H and O–H groups in total. The molecular weight excluding hydrogens is 386 g/mol. The van der Waals surface area contributed by atoms with E-state index in [-0.39, 0.29) is 36.9 Å². The maximum atomic E-state index is 12.2. The van der Waals surface area contributed by atoms with E-state index in [4.69, 9.17) is 10.3 Å². The smallest absolute Gasteiger partial charge is 0.311 e. The van der Waals surface area contributed by atoms with Crippen LogP contribution < -0.4 is 10.1 Å². The summed E-state index contributed by atoms with van der Waals surface area (Å²) in [6.45, 7) is 4.79. The molecule has 2 aromatic rings. The molecule has 1 amide bonds. The number of ether oxygens (including phenoxy) is 1. The normalized spacial score (nSPS) is 10.2. The molecule has 0 unspecified atom stereocenters. The molecule has 2 rings (SSSR count). The lowest BCUT2D eigenvalue weighted by molar-refractivity contribution is -0.385. The van der Waals surface area contributed by atoms with E-state index in [0.29, 0.717) is 12.1 Å². The van der Waals surface area contributed by atoms with Gasteiger partial charge in [-0.2, -0.15) is 0 Å². The first-order chi connectivity index (χ1) is 14.4. The predicted octanol–water partition coefficient (Wildman–Crippen LogP) is 4.19. The summed E-state index contributed by atoms with van der Waals surface area (Å²) in [4.78, 5) is 25.5. The number of nitrogens with one attached hydrogen (secondary N) is 1. The van der Waals surface area contributed by atoms with E-state index in [1.165, 1.54) is 28.8 Å². The largest absolute Gasteiger partial charge is 0.487 e. The number of benzene rings is 2. The average molecular weight is 411 g/mol. The second-order valence-corrected chi connectivity index (χ2v) is 6.91. The van der Waals surface area contributed by atoms with Gasteiger partial charge in [-0.05, 0) is 60.5 Å². The van der Waals surface area contributed by atoms with Gasteiger partial charge in [-0.3, -0.25) is 14.9 Å². The number of amides is 1. The lowest BCUT2D eigenvalue weighted by Crippen LogP contribution is -2.26. The molecule has 158 valence electrons. The fourth-order valence-electron chi connectivity index (χ4n) is 2.91. The van der Waals surface area contributed by atoms with E-state index >= 15 is 0 Å². The van der Waals surface area contributed by atoms with Gasteiger partial charge in [-0.25, -0.2) is 0 Å². The molecule has 0 fully saturated rings. The fraction of sp³-hybridized carbons (Fsp3) is 0.381. The topological polar surface area (TPSA) is 130 Å². The quantitative estimate of drug-likeness (QED) is 0.148. The molecule has 0 aliphatic rings. The van der Waals surface area contributed by atoms with Crippen LogP contribution in [0.3, 0.4) is 0 Å². The molecular formula is C21H25N5O4. The van der Waals surface area contributed by atoms with Gasteiger partial charge in [0.2, 0.25) is 5.91 Å². The van der Waals surface area contributed by atoms with Gasteiger partial charge in [-0.15, -0.1) is 0 Å². The van der Waals surface area contributed by atoms with Crippen molar-refractivity contribution in [1.29, 1.82) is 0 Å². The molecule has 0 aliphatic carbocycles. The van der Waals surface area contributed by atoms with E-state index in [1.54, 1.807) is 6.07 Å². The summed E-state index contributed by atoms with van der Waals surface area (Å²) in [5, 5.41) is 17.4. The number of nitrogens with zero attached hydrogens (tertiary/aromatic N) is 4. The second kappa shape index (κ2) is 11.4. The zero-order valence-corrected chi connectivity index (χ0v) is 17.1. The standard InChI is InChI=1S/C21H25N5O4/c1-15-5-6-17(12-16(15)2)4-3-9-23-21(27)14-18-7-8-20(19(13-18)26(28)29)30-11-10-24-25-22/h5-8,12-13H,3-4,9-11,14H2,1-2H3,(H,23,27). The Kier molecular flexibility index (Phi) is 8.65. The summed E-state index contributed by atoms with van der Waals surface area (Å²) < 4.78 is 5.29. The van der Waals surface area contributed by atoms with E-state index in [1.807, 2.05) is 0 Å². The highest BCUT2D eigenvalue weighted by Gasteiger charge is 2.17. The molecule has 2 aromatic carbocycles. The number of nitro groups is 1. The molecule has 0 saturated heterocycles. The number of carbonyl (C=O) groups is 1. The third-order valence-electron chi connectivity index (χ3n) is 4.63. The van der Waals surface area contributed by atoms with E-state index in [2.05, 4.69) is 47.4 Å². The lowest BCUT2D eigenvalue weighted by atomic mass is 10.0. The van der Waals surface area contributed by atoms with Gasteiger partial charge >= 0.3 is 5.69 Å². The first kappa shape index (κ1) is 22.7. The van der Waals surface area contributed by atoms with Crippen molar-refractivity contribution < 1.29 is 14.5 Å². The Morgan fingerprint density at radius 1 is 1.20 bits per heavy atom. The third kappa shape index (κ3) is 7.10. The molecule has 9 nitrogen and oxygen atoms in total. The number of nitro benzene ring substituents is 1. The Morgan fingerprint density at radius 3 is 2.67 bits per heavy atom. The first-order valence-electron chi connectivity index (χ1n) is 9.64. The van der Waals surface area contributed by atoms with Crippen LogP contribution in [0, 0.1) is 24.0 Å². The Hall–Kier alpha value is -3.58. The zero-order chi connectivity index (χ0) is 21.9. The number of azide groups is 1. The summed E-state index contributed by atoms with van der Waals surface area (Å²) in [5.41, 5.74) is 12.3. The SMILES string of the molecule is Cc1ccc(CCCNC(=O)Cc2ccc(OCCN=[N+]=[N-])c([N+](=O)[O-])c2)cc1C. The highest BCUT2D eigenvalue weighted by molar-refractivity contribution is 5.78. The number of rotatable bonds is 11. The predicted molar refractivity (Wildman–Crippen MR) is 114 cm³/mol. The van der Waals surface area contributed by atoms with Gasteiger partial charge in [-0.1, -0.05) is 29.4 Å². The number of hydrogen-bond donors (Lipinski definition) is 1. The van der Waals surface area contributed by atoms with Crippen LogP contribution in [0.2, 0.25) is 0 Å². The van der Waals surface area contributed by atoms with Crippen molar-refractivity contribution in [2.75, 3.05) is 19.7 Å². The van der Waals surface area contributed by atoms with E-state index in [9.17, 15) is 14.9 Å². The fourth-order valence-corrected chi connectivity index (χ4v) is 2.91. The van der Waals surface area contributed by atoms with Crippen molar-refractivity contribution in [2.45, 2.75) is 33.1 Å². The number of aryl methyl sites for hydroxylation is 3. The maximum Gasteiger partial charge on any atom is 0.311 e. The van der Waals surface area contributed by atoms with Crippen molar-refractivity contribution in [3.05, 3.63) is 79.2 Å². The maximum absolute atomic E-state index is 12.2. The summed E-state index contributed by atoms with van der Waals surface area (Å²) in [6, 6.07) is 10.8. The van der Waals surface area contributed by atoms with Crippen molar-refractivity contribution in [3.8, 4) is 5.75 Å². The van der Waals surface area contributed by atoms with E-state index in [0.717, 1.165) is 12.8 Å². The summed E-state index contributed by atoms with van der Waals surface area (Å²) in [7, 11) is 0. The minimum Gasteiger partial charge on any atom is -0.487 e. The summed E-state index contributed by atoms with van der Waals surface area (Å²) in [5.74, 6) is -0.118.